The molecule has 5 nitrogen and oxygen atoms in total. The van der Waals surface area contributed by atoms with E-state index in [1.54, 1.807) is 0 Å². The van der Waals surface area contributed by atoms with Crippen LogP contribution in [0.25, 0.3) is 0 Å². The van der Waals surface area contributed by atoms with Gasteiger partial charge in [0, 0.05) is 17.1 Å². The normalized spacial score (nSPS) is 12.9. The second-order valence-electron chi connectivity index (χ2n) is 4.78. The average Bonchev–Trinajstić information content (AvgIpc) is 2.44. The average molecular weight is 355 g/mol. The van der Waals surface area contributed by atoms with E-state index >= 15 is 0 Å². The molecule has 0 radical (unpaired) electrons. The van der Waals surface area contributed by atoms with E-state index in [2.05, 4.69) is 10.1 Å². The van der Waals surface area contributed by atoms with Crippen LogP contribution in [-0.4, -0.2) is 36.8 Å². The molecule has 0 spiro atoms. The van der Waals surface area contributed by atoms with E-state index in [1.165, 1.54) is 14.0 Å². The van der Waals surface area contributed by atoms with Crippen molar-refractivity contribution in [2.45, 2.75) is 25.6 Å². The lowest BCUT2D eigenvalue weighted by Crippen LogP contribution is -2.37. The van der Waals surface area contributed by atoms with Crippen molar-refractivity contribution in [1.29, 1.82) is 0 Å². The molecule has 1 rings (SSSR count). The van der Waals surface area contributed by atoms with Gasteiger partial charge in [0.15, 0.2) is 0 Å². The van der Waals surface area contributed by atoms with Crippen molar-refractivity contribution in [3.05, 3.63) is 28.8 Å². The Morgan fingerprint density at radius 3 is 2.33 bits per heavy atom. The van der Waals surface area contributed by atoms with Gasteiger partial charge in [-0.1, -0.05) is 0 Å². The predicted octanol–water partition coefficient (Wildman–Crippen LogP) is 0.877. The summed E-state index contributed by atoms with van der Waals surface area (Å²) in [6.07, 6.45) is -5.85. The number of hydrogen-bond acceptors (Lipinski definition) is 5. The number of hydrogen-bond donors (Lipinski definition) is 3. The largest absolute Gasteiger partial charge is 0.491 e. The Hall–Kier alpha value is -1.72. The predicted molar refractivity (Wildman–Crippen MR) is 74.2 cm³/mol. The Balaban J connectivity index is 3.53. The van der Waals surface area contributed by atoms with Crippen LogP contribution >= 0.6 is 0 Å². The maximum Gasteiger partial charge on any atom is 0.491 e. The molecule has 0 aliphatic carbocycles. The van der Waals surface area contributed by atoms with Crippen LogP contribution in [0.4, 0.5) is 22.0 Å². The van der Waals surface area contributed by atoms with Crippen LogP contribution in [-0.2, 0) is 15.7 Å². The Kier molecular flexibility index (Phi) is 6.70. The van der Waals surface area contributed by atoms with Crippen LogP contribution in [0, 0.1) is 11.6 Å². The molecule has 0 aromatic heterocycles. The summed E-state index contributed by atoms with van der Waals surface area (Å²) in [4.78, 5) is 11.5. The molecule has 24 heavy (non-hydrogen) atoms. The molecule has 0 bridgehead atoms. The molecule has 1 aromatic rings. The van der Waals surface area contributed by atoms with Crippen molar-refractivity contribution in [2.75, 3.05) is 13.7 Å². The van der Waals surface area contributed by atoms with Crippen LogP contribution < -0.4 is 10.8 Å². The molecule has 0 heterocycles. The van der Waals surface area contributed by atoms with Crippen molar-refractivity contribution in [2.24, 2.45) is 0 Å². The van der Waals surface area contributed by atoms with Crippen molar-refractivity contribution in [1.82, 2.24) is 5.32 Å². The fraction of sp³-hybridized carbons (Fsp3) is 0.462. The van der Waals surface area contributed by atoms with Gasteiger partial charge in [-0.25, -0.2) is 8.78 Å². The number of esters is 1. The Bertz CT molecular complexity index is 609. The minimum Gasteiger partial charge on any atom is -0.466 e. The smallest absolute Gasteiger partial charge is 0.466 e. The first-order valence-electron chi connectivity index (χ1n) is 6.82. The van der Waals surface area contributed by atoms with E-state index in [9.17, 15) is 26.7 Å². The summed E-state index contributed by atoms with van der Waals surface area (Å²) in [5.41, 5.74) is -4.14. The molecule has 0 aliphatic heterocycles. The molecule has 1 atom stereocenters. The number of rotatable bonds is 6. The molecule has 0 saturated carbocycles. The minimum atomic E-state index is -5.20. The highest BCUT2D eigenvalue weighted by molar-refractivity contribution is 6.58. The summed E-state index contributed by atoms with van der Waals surface area (Å²) >= 11 is 0. The fourth-order valence-electron chi connectivity index (χ4n) is 2.11. The van der Waals surface area contributed by atoms with Crippen LogP contribution in [0.3, 0.4) is 0 Å². The van der Waals surface area contributed by atoms with Gasteiger partial charge in [-0.05, 0) is 20.0 Å². The summed E-state index contributed by atoms with van der Waals surface area (Å²) in [5.74, 6) is -4.41. The van der Waals surface area contributed by atoms with E-state index in [4.69, 9.17) is 10.0 Å². The molecule has 0 saturated heterocycles. The first-order valence-corrected chi connectivity index (χ1v) is 6.82. The number of nitrogens with one attached hydrogen (secondary N) is 1. The standard InChI is InChI=1S/C13H15BF5NO4/c1-3-24-9(21)5-8(20-2)10-11(15)6(13(17,18)19)4-7(12(10)16)14(22)23/h4,8,20,22-23H,3,5H2,1-2H3/t8-/m0/s1. The zero-order valence-electron chi connectivity index (χ0n) is 12.7. The summed E-state index contributed by atoms with van der Waals surface area (Å²) in [6.45, 7) is 1.46. The third-order valence-corrected chi connectivity index (χ3v) is 3.22. The zero-order chi connectivity index (χ0) is 18.7. The molecule has 0 fully saturated rings. The van der Waals surface area contributed by atoms with Gasteiger partial charge < -0.3 is 20.1 Å². The molecule has 3 N–H and O–H groups in total. The number of ether oxygens (including phenoxy) is 1. The summed E-state index contributed by atoms with van der Waals surface area (Å²) < 4.78 is 71.9. The molecular formula is C13H15BF5NO4. The number of alkyl halides is 3. The topological polar surface area (TPSA) is 78.8 Å². The quantitative estimate of drug-likeness (QED) is 0.401. The Morgan fingerprint density at radius 1 is 1.33 bits per heavy atom. The van der Waals surface area contributed by atoms with Crippen molar-refractivity contribution < 1.29 is 41.5 Å². The molecular weight excluding hydrogens is 340 g/mol. The van der Waals surface area contributed by atoms with Crippen LogP contribution in [0.15, 0.2) is 6.07 Å². The van der Waals surface area contributed by atoms with Gasteiger partial charge >= 0.3 is 19.3 Å². The van der Waals surface area contributed by atoms with Crippen LogP contribution in [0.1, 0.15) is 30.5 Å². The van der Waals surface area contributed by atoms with Crippen LogP contribution in [0.5, 0.6) is 0 Å². The third kappa shape index (κ3) is 4.43. The number of carbonyl (C=O) groups is 1. The number of halogens is 5. The van der Waals surface area contributed by atoms with E-state index in [1.807, 2.05) is 0 Å². The molecule has 0 unspecified atom stereocenters. The van der Waals surface area contributed by atoms with Crippen molar-refractivity contribution in [3.63, 3.8) is 0 Å². The number of benzene rings is 1. The highest BCUT2D eigenvalue weighted by Gasteiger charge is 2.40. The molecule has 1 aromatic carbocycles. The lowest BCUT2D eigenvalue weighted by atomic mass is 9.76. The monoisotopic (exact) mass is 355 g/mol. The first kappa shape index (κ1) is 20.3. The molecule has 0 amide bonds. The van der Waals surface area contributed by atoms with Gasteiger partial charge in [-0.15, -0.1) is 0 Å². The first-order chi connectivity index (χ1) is 11.0. The lowest BCUT2D eigenvalue weighted by Gasteiger charge is -2.21. The molecule has 0 aliphatic rings. The SMILES string of the molecule is CCOC(=O)C[C@H](NC)c1c(F)c(B(O)O)cc(C(F)(F)F)c1F. The van der Waals surface area contributed by atoms with E-state index < -0.39 is 60.0 Å². The molecule has 11 heteroatoms. The summed E-state index contributed by atoms with van der Waals surface area (Å²) in [7, 11) is -1.41. The van der Waals surface area contributed by atoms with Gasteiger partial charge in [-0.2, -0.15) is 13.2 Å². The van der Waals surface area contributed by atoms with Crippen molar-refractivity contribution >= 4 is 18.6 Å². The second kappa shape index (κ2) is 7.91. The van der Waals surface area contributed by atoms with E-state index in [0.717, 1.165) is 0 Å². The maximum atomic E-state index is 14.3. The molecule has 134 valence electrons. The van der Waals surface area contributed by atoms with Gasteiger partial charge in [-0.3, -0.25) is 4.79 Å². The summed E-state index contributed by atoms with van der Waals surface area (Å²) in [6, 6.07) is -1.51. The van der Waals surface area contributed by atoms with Gasteiger partial charge in [0.05, 0.1) is 18.6 Å². The van der Waals surface area contributed by atoms with Crippen LogP contribution in [0.2, 0.25) is 0 Å². The Morgan fingerprint density at radius 2 is 1.92 bits per heavy atom. The van der Waals surface area contributed by atoms with Gasteiger partial charge in [0.25, 0.3) is 0 Å². The minimum absolute atomic E-state index is 0.0179. The van der Waals surface area contributed by atoms with E-state index in [-0.39, 0.29) is 12.7 Å². The van der Waals surface area contributed by atoms with Gasteiger partial charge in [0.1, 0.15) is 11.6 Å². The van der Waals surface area contributed by atoms with Crippen molar-refractivity contribution in [3.8, 4) is 0 Å². The van der Waals surface area contributed by atoms with E-state index in [0.29, 0.717) is 0 Å². The third-order valence-electron chi connectivity index (χ3n) is 3.22. The Labute approximate surface area is 134 Å². The summed E-state index contributed by atoms with van der Waals surface area (Å²) in [5, 5.41) is 20.4. The van der Waals surface area contributed by atoms with Gasteiger partial charge in [0.2, 0.25) is 0 Å². The zero-order valence-corrected chi connectivity index (χ0v) is 12.7. The highest BCUT2D eigenvalue weighted by atomic mass is 19.4. The second-order valence-corrected chi connectivity index (χ2v) is 4.78. The highest BCUT2D eigenvalue weighted by Crippen LogP contribution is 2.35. The number of carbonyl (C=O) groups excluding carboxylic acids is 1. The lowest BCUT2D eigenvalue weighted by molar-refractivity contribution is -0.143. The fourth-order valence-corrected chi connectivity index (χ4v) is 2.11. The maximum absolute atomic E-state index is 14.3.